The molecule has 1 aliphatic heterocycles. The lowest BCUT2D eigenvalue weighted by molar-refractivity contribution is -0.136. The van der Waals surface area contributed by atoms with Gasteiger partial charge in [0.05, 0.1) is 7.11 Å². The summed E-state index contributed by atoms with van der Waals surface area (Å²) in [7, 11) is 3.55. The molecule has 3 rings (SSSR count). The number of benzene rings is 1. The van der Waals surface area contributed by atoms with Gasteiger partial charge >= 0.3 is 0 Å². The van der Waals surface area contributed by atoms with E-state index in [1.54, 1.807) is 7.11 Å². The molecule has 0 N–H and O–H groups in total. The second-order valence-electron chi connectivity index (χ2n) is 7.11. The number of ether oxygens (including phenoxy) is 2. The number of hydrogen-bond donors (Lipinski definition) is 0. The first-order valence-electron chi connectivity index (χ1n) is 9.46. The lowest BCUT2D eigenvalue weighted by atomic mass is 9.88. The predicted molar refractivity (Wildman–Crippen MR) is 98.1 cm³/mol. The lowest BCUT2D eigenvalue weighted by Gasteiger charge is -2.42. The van der Waals surface area contributed by atoms with Crippen molar-refractivity contribution in [3.05, 3.63) is 24.3 Å². The summed E-state index contributed by atoms with van der Waals surface area (Å²) in [6.07, 6.45) is 7.36. The van der Waals surface area contributed by atoms with Crippen LogP contribution in [0.25, 0.3) is 0 Å². The maximum absolute atomic E-state index is 12.7. The van der Waals surface area contributed by atoms with E-state index in [0.717, 1.165) is 6.42 Å². The van der Waals surface area contributed by atoms with Crippen molar-refractivity contribution in [1.82, 2.24) is 9.80 Å². The van der Waals surface area contributed by atoms with Gasteiger partial charge in [-0.15, -0.1) is 0 Å². The molecule has 1 amide bonds. The Balaban J connectivity index is 1.60. The Morgan fingerprint density at radius 2 is 1.80 bits per heavy atom. The minimum atomic E-state index is 0.0435. The van der Waals surface area contributed by atoms with E-state index in [9.17, 15) is 4.79 Å². The Morgan fingerprint density at radius 1 is 1.12 bits per heavy atom. The monoisotopic (exact) mass is 346 g/mol. The first-order valence-corrected chi connectivity index (χ1v) is 9.46. The Hall–Kier alpha value is -1.75. The molecule has 0 bridgehead atoms. The number of nitrogens with zero attached hydrogens (tertiary/aromatic N) is 2. The van der Waals surface area contributed by atoms with Crippen LogP contribution in [0.4, 0.5) is 0 Å². The Morgan fingerprint density at radius 3 is 2.52 bits per heavy atom. The van der Waals surface area contributed by atoms with Gasteiger partial charge in [0.2, 0.25) is 0 Å². The highest BCUT2D eigenvalue weighted by molar-refractivity contribution is 5.78. The molecule has 5 nitrogen and oxygen atoms in total. The molecule has 1 saturated carbocycles. The number of rotatable bonds is 6. The van der Waals surface area contributed by atoms with Crippen molar-refractivity contribution >= 4 is 5.91 Å². The van der Waals surface area contributed by atoms with Crippen LogP contribution in [0, 0.1) is 0 Å². The summed E-state index contributed by atoms with van der Waals surface area (Å²) in [4.78, 5) is 17.2. The zero-order valence-corrected chi connectivity index (χ0v) is 15.4. The summed E-state index contributed by atoms with van der Waals surface area (Å²) >= 11 is 0. The zero-order valence-electron chi connectivity index (χ0n) is 15.4. The van der Waals surface area contributed by atoms with Crippen molar-refractivity contribution < 1.29 is 14.3 Å². The normalized spacial score (nSPS) is 24.1. The largest absolute Gasteiger partial charge is 0.493 e. The van der Waals surface area contributed by atoms with Crippen molar-refractivity contribution in [2.45, 2.75) is 50.6 Å². The summed E-state index contributed by atoms with van der Waals surface area (Å²) in [6, 6.07) is 8.27. The highest BCUT2D eigenvalue weighted by Gasteiger charge is 2.35. The molecule has 1 aliphatic carbocycles. The SMILES string of the molecule is COc1ccccc1OCC(=O)N(C)[C@@H]1CCCC[C@H]1N1CCCC1. The van der Waals surface area contributed by atoms with Crippen LogP contribution >= 0.6 is 0 Å². The summed E-state index contributed by atoms with van der Waals surface area (Å²) in [5, 5.41) is 0. The molecular formula is C20H30N2O3. The number of hydrogen-bond acceptors (Lipinski definition) is 4. The van der Waals surface area contributed by atoms with Gasteiger partial charge in [0.25, 0.3) is 5.91 Å². The van der Waals surface area contributed by atoms with E-state index in [2.05, 4.69) is 4.90 Å². The topological polar surface area (TPSA) is 42.0 Å². The van der Waals surface area contributed by atoms with Crippen LogP contribution < -0.4 is 9.47 Å². The molecule has 0 unspecified atom stereocenters. The Kier molecular flexibility index (Phi) is 6.19. The highest BCUT2D eigenvalue weighted by atomic mass is 16.5. The molecule has 2 fully saturated rings. The van der Waals surface area contributed by atoms with Gasteiger partial charge in [0, 0.05) is 19.1 Å². The number of likely N-dealkylation sites (tertiary alicyclic amines) is 1. The van der Waals surface area contributed by atoms with E-state index in [-0.39, 0.29) is 12.5 Å². The van der Waals surface area contributed by atoms with E-state index in [0.29, 0.717) is 23.6 Å². The maximum Gasteiger partial charge on any atom is 0.260 e. The van der Waals surface area contributed by atoms with Crippen LogP contribution in [0.15, 0.2) is 24.3 Å². The van der Waals surface area contributed by atoms with Crippen molar-refractivity contribution in [3.8, 4) is 11.5 Å². The molecule has 1 aromatic rings. The molecular weight excluding hydrogens is 316 g/mol. The first-order chi connectivity index (χ1) is 12.2. The molecule has 0 radical (unpaired) electrons. The number of para-hydroxylation sites is 2. The Bertz CT molecular complexity index is 572. The fourth-order valence-electron chi connectivity index (χ4n) is 4.21. The molecule has 1 aromatic carbocycles. The van der Waals surface area contributed by atoms with Crippen LogP contribution in [0.5, 0.6) is 11.5 Å². The van der Waals surface area contributed by atoms with Crippen molar-refractivity contribution in [1.29, 1.82) is 0 Å². The highest BCUT2D eigenvalue weighted by Crippen LogP contribution is 2.30. The molecule has 5 heteroatoms. The fraction of sp³-hybridized carbons (Fsp3) is 0.650. The van der Waals surface area contributed by atoms with Gasteiger partial charge in [-0.05, 0) is 50.9 Å². The van der Waals surface area contributed by atoms with E-state index in [1.165, 1.54) is 45.2 Å². The molecule has 0 aromatic heterocycles. The molecule has 138 valence electrons. The third kappa shape index (κ3) is 4.27. The second kappa shape index (κ2) is 8.56. The molecule has 2 aliphatic rings. The van der Waals surface area contributed by atoms with Crippen molar-refractivity contribution in [2.75, 3.05) is 33.9 Å². The van der Waals surface area contributed by atoms with E-state index >= 15 is 0 Å². The van der Waals surface area contributed by atoms with Gasteiger partial charge in [-0.1, -0.05) is 25.0 Å². The van der Waals surface area contributed by atoms with Crippen LogP contribution in [0.3, 0.4) is 0 Å². The number of amides is 1. The van der Waals surface area contributed by atoms with Gasteiger partial charge in [-0.25, -0.2) is 0 Å². The standard InChI is InChI=1S/C20H30N2O3/c1-21(16-9-3-4-10-17(16)22-13-7-8-14-22)20(23)15-25-19-12-6-5-11-18(19)24-2/h5-6,11-12,16-17H,3-4,7-10,13-15H2,1-2H3/t16-,17-/m1/s1. The predicted octanol–water partition coefficient (Wildman–Crippen LogP) is 2.94. The smallest absolute Gasteiger partial charge is 0.260 e. The van der Waals surface area contributed by atoms with Gasteiger partial charge in [0.1, 0.15) is 0 Å². The minimum Gasteiger partial charge on any atom is -0.493 e. The van der Waals surface area contributed by atoms with E-state index < -0.39 is 0 Å². The minimum absolute atomic E-state index is 0.0435. The average molecular weight is 346 g/mol. The van der Waals surface area contributed by atoms with Crippen molar-refractivity contribution in [2.24, 2.45) is 0 Å². The number of likely N-dealkylation sites (N-methyl/N-ethyl adjacent to an activating group) is 1. The third-order valence-electron chi connectivity index (χ3n) is 5.61. The quantitative estimate of drug-likeness (QED) is 0.794. The van der Waals surface area contributed by atoms with Crippen LogP contribution in [0.2, 0.25) is 0 Å². The molecule has 1 heterocycles. The van der Waals surface area contributed by atoms with E-state index in [1.807, 2.05) is 36.2 Å². The average Bonchev–Trinajstić information content (AvgIpc) is 3.20. The lowest BCUT2D eigenvalue weighted by Crippen LogP contribution is -2.53. The van der Waals surface area contributed by atoms with Crippen LogP contribution in [-0.4, -0.2) is 61.6 Å². The van der Waals surface area contributed by atoms with Gasteiger partial charge in [0.15, 0.2) is 18.1 Å². The summed E-state index contributed by atoms with van der Waals surface area (Å²) in [5.41, 5.74) is 0. The Labute approximate surface area is 150 Å². The van der Waals surface area contributed by atoms with E-state index in [4.69, 9.17) is 9.47 Å². The van der Waals surface area contributed by atoms with Crippen molar-refractivity contribution in [3.63, 3.8) is 0 Å². The molecule has 1 saturated heterocycles. The van der Waals surface area contributed by atoms with Crippen LogP contribution in [0.1, 0.15) is 38.5 Å². The molecule has 2 atom stereocenters. The van der Waals surface area contributed by atoms with Gasteiger partial charge in [-0.3, -0.25) is 9.69 Å². The van der Waals surface area contributed by atoms with Crippen LogP contribution in [-0.2, 0) is 4.79 Å². The summed E-state index contributed by atoms with van der Waals surface area (Å²) in [5.74, 6) is 1.32. The first kappa shape index (κ1) is 18.1. The van der Waals surface area contributed by atoms with Gasteiger partial charge in [-0.2, -0.15) is 0 Å². The number of carbonyl (C=O) groups is 1. The second-order valence-corrected chi connectivity index (χ2v) is 7.11. The number of carbonyl (C=O) groups excluding carboxylic acids is 1. The zero-order chi connectivity index (χ0) is 17.6. The third-order valence-corrected chi connectivity index (χ3v) is 5.61. The maximum atomic E-state index is 12.7. The molecule has 25 heavy (non-hydrogen) atoms. The fourth-order valence-corrected chi connectivity index (χ4v) is 4.21. The van der Waals surface area contributed by atoms with Gasteiger partial charge < -0.3 is 14.4 Å². The number of methoxy groups -OCH3 is 1. The summed E-state index contributed by atoms with van der Waals surface area (Å²) in [6.45, 7) is 2.42. The molecule has 0 spiro atoms. The summed E-state index contributed by atoms with van der Waals surface area (Å²) < 4.78 is 11.0.